The number of nitrogens with zero attached hydrogens (tertiary/aromatic N) is 6. The third kappa shape index (κ3) is 7.42. The molecule has 230 valence electrons. The second-order valence-corrected chi connectivity index (χ2v) is 11.0. The Morgan fingerprint density at radius 2 is 1.86 bits per heavy atom. The number of nitrogens with one attached hydrogen (secondary N) is 1. The predicted octanol–water partition coefficient (Wildman–Crippen LogP) is 4.79. The maximum absolute atomic E-state index is 13.7. The highest BCUT2D eigenvalue weighted by molar-refractivity contribution is 5.90. The van der Waals surface area contributed by atoms with Crippen LogP contribution in [0.2, 0.25) is 0 Å². The van der Waals surface area contributed by atoms with Gasteiger partial charge in [-0.1, -0.05) is 38.1 Å². The molecule has 1 fully saturated rings. The Bertz CT molecular complexity index is 1640. The molecule has 2 N–H and O–H groups in total. The average Bonchev–Trinajstić information content (AvgIpc) is 3.65. The standard InChI is InChI=1S/C25H27F2N7O2.C2HF3O2/c1-15-9-16(5-6-17(15)11-28-22(35)21-31-23(36-32-21)24(2,3)4)20-19-10-18(12-34(19)30-14-29-20)33-8-7-25(26,27)13-33;3-2(4,5)1(6)7/h5-6,9-10,12,14H,7-8,11,13H2,1-4H3,(H,28,35);(H,6,7). The second kappa shape index (κ2) is 11.6. The molecule has 1 amide bonds. The summed E-state index contributed by atoms with van der Waals surface area (Å²) in [6.45, 7) is 8.03. The molecular formula is C27H28F5N7O4. The van der Waals surface area contributed by atoms with Crippen LogP contribution in [0.1, 0.15) is 54.8 Å². The summed E-state index contributed by atoms with van der Waals surface area (Å²) in [5, 5.41) is 18.0. The van der Waals surface area contributed by atoms with Gasteiger partial charge in [-0.25, -0.2) is 23.1 Å². The van der Waals surface area contributed by atoms with E-state index in [1.165, 1.54) is 6.33 Å². The summed E-state index contributed by atoms with van der Waals surface area (Å²) in [4.78, 5) is 31.7. The number of hydrogen-bond acceptors (Lipinski definition) is 8. The Balaban J connectivity index is 0.000000541. The van der Waals surface area contributed by atoms with Crippen molar-refractivity contribution >= 4 is 23.1 Å². The van der Waals surface area contributed by atoms with Gasteiger partial charge in [0.05, 0.1) is 29.6 Å². The van der Waals surface area contributed by atoms with E-state index < -0.39 is 24.0 Å². The largest absolute Gasteiger partial charge is 0.490 e. The van der Waals surface area contributed by atoms with Crippen molar-refractivity contribution in [3.05, 3.63) is 59.6 Å². The molecule has 0 aliphatic carbocycles. The molecule has 0 bridgehead atoms. The van der Waals surface area contributed by atoms with Gasteiger partial charge in [0.2, 0.25) is 5.89 Å². The normalized spacial score (nSPS) is 14.9. The molecule has 1 saturated heterocycles. The summed E-state index contributed by atoms with van der Waals surface area (Å²) < 4.78 is 66.0. The van der Waals surface area contributed by atoms with Crippen molar-refractivity contribution in [3.8, 4) is 11.3 Å². The van der Waals surface area contributed by atoms with Gasteiger partial charge in [-0.3, -0.25) is 4.79 Å². The number of carboxylic acid groups (broad SMARTS) is 1. The first-order valence-electron chi connectivity index (χ1n) is 12.9. The molecule has 0 radical (unpaired) electrons. The lowest BCUT2D eigenvalue weighted by molar-refractivity contribution is -0.192. The van der Waals surface area contributed by atoms with E-state index in [2.05, 4.69) is 25.5 Å². The van der Waals surface area contributed by atoms with Gasteiger partial charge in [0.25, 0.3) is 17.7 Å². The van der Waals surface area contributed by atoms with Gasteiger partial charge in [0.15, 0.2) is 0 Å². The van der Waals surface area contributed by atoms with Crippen LogP contribution in [0.25, 0.3) is 16.8 Å². The number of benzene rings is 1. The number of carboxylic acids is 1. The van der Waals surface area contributed by atoms with Crippen molar-refractivity contribution in [1.82, 2.24) is 30.1 Å². The lowest BCUT2D eigenvalue weighted by atomic mass is 9.97. The van der Waals surface area contributed by atoms with Gasteiger partial charge in [-0.2, -0.15) is 23.3 Å². The first-order valence-corrected chi connectivity index (χ1v) is 12.9. The Kier molecular flexibility index (Phi) is 8.42. The fourth-order valence-electron chi connectivity index (χ4n) is 4.18. The highest BCUT2D eigenvalue weighted by Gasteiger charge is 2.39. The predicted molar refractivity (Wildman–Crippen MR) is 143 cm³/mol. The zero-order valence-electron chi connectivity index (χ0n) is 23.5. The summed E-state index contributed by atoms with van der Waals surface area (Å²) in [6, 6.07) is 7.66. The van der Waals surface area contributed by atoms with Gasteiger partial charge < -0.3 is 19.8 Å². The van der Waals surface area contributed by atoms with Gasteiger partial charge in [-0.05, 0) is 30.2 Å². The topological polar surface area (TPSA) is 139 Å². The Hall–Kier alpha value is -4.63. The van der Waals surface area contributed by atoms with Crippen LogP contribution in [0.15, 0.2) is 41.3 Å². The van der Waals surface area contributed by atoms with Crippen LogP contribution in [0.3, 0.4) is 0 Å². The summed E-state index contributed by atoms with van der Waals surface area (Å²) >= 11 is 0. The van der Waals surface area contributed by atoms with Crippen LogP contribution >= 0.6 is 0 Å². The molecule has 16 heteroatoms. The van der Waals surface area contributed by atoms with E-state index in [0.29, 0.717) is 30.4 Å². The van der Waals surface area contributed by atoms with E-state index in [4.69, 9.17) is 14.4 Å². The monoisotopic (exact) mass is 609 g/mol. The number of halogens is 5. The number of alkyl halides is 5. The fraction of sp³-hybridized carbons (Fsp3) is 0.407. The Morgan fingerprint density at radius 1 is 1.16 bits per heavy atom. The molecule has 0 atom stereocenters. The van der Waals surface area contributed by atoms with E-state index in [1.54, 1.807) is 15.6 Å². The summed E-state index contributed by atoms with van der Waals surface area (Å²) in [7, 11) is 0. The number of aromatic nitrogens is 5. The third-order valence-corrected chi connectivity index (χ3v) is 6.49. The summed E-state index contributed by atoms with van der Waals surface area (Å²) in [5.41, 5.74) is 4.52. The molecular weight excluding hydrogens is 581 g/mol. The SMILES string of the molecule is Cc1cc(-c2ncnn3cc(N4CCC(F)(F)C4)cc23)ccc1CNC(=O)c1noc(C(C)(C)C)n1.O=C(O)C(F)(F)F. The van der Waals surface area contributed by atoms with Gasteiger partial charge in [0.1, 0.15) is 6.33 Å². The first kappa shape index (κ1) is 31.3. The number of carbonyl (C=O) groups is 2. The van der Waals surface area contributed by atoms with Gasteiger partial charge in [-0.15, -0.1) is 0 Å². The van der Waals surface area contributed by atoms with Crippen LogP contribution in [0.5, 0.6) is 0 Å². The van der Waals surface area contributed by atoms with Crippen LogP contribution in [-0.2, 0) is 16.8 Å². The summed E-state index contributed by atoms with van der Waals surface area (Å²) in [6.07, 6.45) is -2.04. The van der Waals surface area contributed by atoms with Crippen molar-refractivity contribution in [2.45, 2.75) is 58.2 Å². The maximum atomic E-state index is 13.7. The van der Waals surface area contributed by atoms with E-state index in [9.17, 15) is 26.7 Å². The van der Waals surface area contributed by atoms with E-state index in [1.807, 2.05) is 52.0 Å². The summed E-state index contributed by atoms with van der Waals surface area (Å²) in [5.74, 6) is -5.45. The number of fused-ring (bicyclic) bond motifs is 1. The number of aryl methyl sites for hydroxylation is 1. The van der Waals surface area contributed by atoms with Crippen LogP contribution < -0.4 is 10.2 Å². The quantitative estimate of drug-likeness (QED) is 0.306. The zero-order chi connectivity index (χ0) is 31.7. The molecule has 1 aliphatic heterocycles. The van der Waals surface area contributed by atoms with Crippen LogP contribution in [0.4, 0.5) is 27.6 Å². The minimum Gasteiger partial charge on any atom is -0.475 e. The van der Waals surface area contributed by atoms with Crippen molar-refractivity contribution in [1.29, 1.82) is 0 Å². The molecule has 3 aromatic heterocycles. The highest BCUT2D eigenvalue weighted by Crippen LogP contribution is 2.33. The second-order valence-electron chi connectivity index (χ2n) is 11.0. The van der Waals surface area contributed by atoms with Gasteiger partial charge in [0, 0.05) is 30.5 Å². The van der Waals surface area contributed by atoms with Crippen molar-refractivity contribution in [3.63, 3.8) is 0 Å². The zero-order valence-corrected chi connectivity index (χ0v) is 23.5. The highest BCUT2D eigenvalue weighted by atomic mass is 19.4. The van der Waals surface area contributed by atoms with E-state index >= 15 is 0 Å². The molecule has 5 rings (SSSR count). The number of aliphatic carboxylic acids is 1. The first-order chi connectivity index (χ1) is 19.9. The van der Waals surface area contributed by atoms with Gasteiger partial charge >= 0.3 is 12.1 Å². The number of anilines is 1. The molecule has 0 unspecified atom stereocenters. The number of amides is 1. The van der Waals surface area contributed by atoms with Crippen molar-refractivity contribution in [2.24, 2.45) is 0 Å². The average molecular weight is 610 g/mol. The molecule has 4 aromatic rings. The van der Waals surface area contributed by atoms with Crippen LogP contribution in [0, 0.1) is 6.92 Å². The maximum Gasteiger partial charge on any atom is 0.490 e. The third-order valence-electron chi connectivity index (χ3n) is 6.49. The van der Waals surface area contributed by atoms with E-state index in [-0.39, 0.29) is 24.2 Å². The van der Waals surface area contributed by atoms with Crippen LogP contribution in [-0.4, -0.2) is 66.9 Å². The smallest absolute Gasteiger partial charge is 0.475 e. The number of carbonyl (C=O) groups excluding carboxylic acids is 1. The molecule has 11 nitrogen and oxygen atoms in total. The minimum absolute atomic E-state index is 0.00243. The number of rotatable bonds is 5. The fourth-order valence-corrected chi connectivity index (χ4v) is 4.18. The Labute approximate surface area is 241 Å². The molecule has 43 heavy (non-hydrogen) atoms. The van der Waals surface area contributed by atoms with E-state index in [0.717, 1.165) is 22.2 Å². The van der Waals surface area contributed by atoms with Crippen molar-refractivity contribution < 1.29 is 41.2 Å². The van der Waals surface area contributed by atoms with Crippen molar-refractivity contribution in [2.75, 3.05) is 18.0 Å². The lowest BCUT2D eigenvalue weighted by Gasteiger charge is -2.15. The molecule has 0 saturated carbocycles. The number of hydrogen-bond donors (Lipinski definition) is 2. The molecule has 1 aliphatic rings. The minimum atomic E-state index is -5.08. The molecule has 0 spiro atoms. The molecule has 4 heterocycles. The Morgan fingerprint density at radius 3 is 2.42 bits per heavy atom. The molecule has 1 aromatic carbocycles. The lowest BCUT2D eigenvalue weighted by Crippen LogP contribution is -2.24.